The number of aliphatic imine (C=N–C) groups is 1. The van der Waals surface area contributed by atoms with E-state index in [0.29, 0.717) is 5.69 Å². The normalized spacial score (nSPS) is 9.77. The molecule has 0 atom stereocenters. The first kappa shape index (κ1) is 9.65. The van der Waals surface area contributed by atoms with Gasteiger partial charge in [-0.1, -0.05) is 12.1 Å². The predicted molar refractivity (Wildman–Crippen MR) is 51.6 cm³/mol. The Bertz CT molecular complexity index is 310. The van der Waals surface area contributed by atoms with E-state index in [1.807, 2.05) is 38.4 Å². The number of hydrogen-bond acceptors (Lipinski definition) is 3. The molecule has 0 saturated carbocycles. The Morgan fingerprint density at radius 2 is 1.92 bits per heavy atom. The minimum absolute atomic E-state index is 0.650. The summed E-state index contributed by atoms with van der Waals surface area (Å²) in [6, 6.07) is 7.53. The quantitative estimate of drug-likeness (QED) is 0.519. The SMILES string of the molecule is CN(C)Cc1ccc(N=C=O)cc1. The van der Waals surface area contributed by atoms with Crippen LogP contribution in [0.15, 0.2) is 29.3 Å². The Kier molecular flexibility index (Phi) is 3.38. The molecule has 0 bridgehead atoms. The van der Waals surface area contributed by atoms with Crippen molar-refractivity contribution in [3.63, 3.8) is 0 Å². The number of carbonyl (C=O) groups excluding carboxylic acids is 1. The van der Waals surface area contributed by atoms with Crippen LogP contribution in [-0.4, -0.2) is 25.1 Å². The van der Waals surface area contributed by atoms with Crippen molar-refractivity contribution in [1.29, 1.82) is 0 Å². The fourth-order valence-electron chi connectivity index (χ4n) is 1.09. The van der Waals surface area contributed by atoms with Gasteiger partial charge in [0.25, 0.3) is 0 Å². The molecule has 0 unspecified atom stereocenters. The van der Waals surface area contributed by atoms with Gasteiger partial charge in [-0.15, -0.1) is 0 Å². The minimum atomic E-state index is 0.650. The van der Waals surface area contributed by atoms with Gasteiger partial charge in [0.05, 0.1) is 5.69 Å². The van der Waals surface area contributed by atoms with Crippen molar-refractivity contribution in [2.24, 2.45) is 4.99 Å². The fourth-order valence-corrected chi connectivity index (χ4v) is 1.09. The number of isocyanates is 1. The summed E-state index contributed by atoms with van der Waals surface area (Å²) >= 11 is 0. The van der Waals surface area contributed by atoms with Crippen LogP contribution in [0.5, 0.6) is 0 Å². The maximum absolute atomic E-state index is 9.94. The lowest BCUT2D eigenvalue weighted by atomic mass is 10.2. The molecule has 0 aliphatic heterocycles. The molecule has 68 valence electrons. The van der Waals surface area contributed by atoms with Crippen molar-refractivity contribution in [2.45, 2.75) is 6.54 Å². The Morgan fingerprint density at radius 1 is 1.31 bits per heavy atom. The molecule has 0 aliphatic carbocycles. The number of hydrogen-bond donors (Lipinski definition) is 0. The zero-order valence-electron chi connectivity index (χ0n) is 7.82. The van der Waals surface area contributed by atoms with E-state index in [1.54, 1.807) is 0 Å². The standard InChI is InChI=1S/C10H12N2O/c1-12(2)7-9-3-5-10(6-4-9)11-8-13/h3-6H,7H2,1-2H3. The summed E-state index contributed by atoms with van der Waals surface area (Å²) in [6.07, 6.45) is 1.51. The molecule has 13 heavy (non-hydrogen) atoms. The first-order valence-electron chi connectivity index (χ1n) is 4.04. The second kappa shape index (κ2) is 4.55. The Hall–Kier alpha value is -1.44. The maximum Gasteiger partial charge on any atom is 0.240 e. The third-order valence-electron chi connectivity index (χ3n) is 1.61. The highest BCUT2D eigenvalue weighted by molar-refractivity contribution is 5.49. The highest BCUT2D eigenvalue weighted by atomic mass is 16.1. The Morgan fingerprint density at radius 3 is 2.38 bits per heavy atom. The molecule has 1 rings (SSSR count). The van der Waals surface area contributed by atoms with Crippen LogP contribution in [-0.2, 0) is 11.3 Å². The molecular formula is C10H12N2O. The molecule has 0 aliphatic rings. The van der Waals surface area contributed by atoms with E-state index >= 15 is 0 Å². The van der Waals surface area contributed by atoms with Gasteiger partial charge < -0.3 is 4.90 Å². The van der Waals surface area contributed by atoms with Crippen LogP contribution in [0.3, 0.4) is 0 Å². The van der Waals surface area contributed by atoms with Crippen molar-refractivity contribution in [1.82, 2.24) is 4.90 Å². The average Bonchev–Trinajstić information content (AvgIpc) is 2.08. The molecule has 1 aromatic rings. The molecule has 0 heterocycles. The predicted octanol–water partition coefficient (Wildman–Crippen LogP) is 1.72. The van der Waals surface area contributed by atoms with Crippen molar-refractivity contribution in [2.75, 3.05) is 14.1 Å². The van der Waals surface area contributed by atoms with Gasteiger partial charge in [0.15, 0.2) is 0 Å². The smallest absolute Gasteiger partial charge is 0.240 e. The first-order valence-corrected chi connectivity index (χ1v) is 4.04. The molecule has 0 aromatic heterocycles. The van der Waals surface area contributed by atoms with Crippen LogP contribution in [0, 0.1) is 0 Å². The molecule has 3 heteroatoms. The molecular weight excluding hydrogens is 164 g/mol. The molecule has 0 saturated heterocycles. The summed E-state index contributed by atoms with van der Waals surface area (Å²) in [5, 5.41) is 0. The van der Waals surface area contributed by atoms with Gasteiger partial charge in [0, 0.05) is 6.54 Å². The second-order valence-corrected chi connectivity index (χ2v) is 3.11. The Labute approximate surface area is 77.7 Å². The first-order chi connectivity index (χ1) is 6.22. The van der Waals surface area contributed by atoms with Gasteiger partial charge in [0.2, 0.25) is 6.08 Å². The van der Waals surface area contributed by atoms with Gasteiger partial charge in [-0.2, -0.15) is 4.99 Å². The molecule has 0 fully saturated rings. The molecule has 0 N–H and O–H groups in total. The van der Waals surface area contributed by atoms with E-state index in [-0.39, 0.29) is 0 Å². The number of benzene rings is 1. The fraction of sp³-hybridized carbons (Fsp3) is 0.300. The van der Waals surface area contributed by atoms with Crippen LogP contribution in [0.2, 0.25) is 0 Å². The number of rotatable bonds is 3. The zero-order valence-corrected chi connectivity index (χ0v) is 7.82. The van der Waals surface area contributed by atoms with E-state index in [0.717, 1.165) is 6.54 Å². The summed E-state index contributed by atoms with van der Waals surface area (Å²) in [5.74, 6) is 0. The van der Waals surface area contributed by atoms with Crippen molar-refractivity contribution in [3.8, 4) is 0 Å². The highest BCUT2D eigenvalue weighted by Gasteiger charge is 1.94. The van der Waals surface area contributed by atoms with Gasteiger partial charge >= 0.3 is 0 Å². The van der Waals surface area contributed by atoms with E-state index < -0.39 is 0 Å². The number of nitrogens with zero attached hydrogens (tertiary/aromatic N) is 2. The van der Waals surface area contributed by atoms with E-state index in [1.165, 1.54) is 11.6 Å². The van der Waals surface area contributed by atoms with E-state index in [2.05, 4.69) is 9.89 Å². The van der Waals surface area contributed by atoms with Gasteiger partial charge in [-0.05, 0) is 31.8 Å². The zero-order chi connectivity index (χ0) is 9.68. The van der Waals surface area contributed by atoms with Crippen LogP contribution in [0.1, 0.15) is 5.56 Å². The topological polar surface area (TPSA) is 32.7 Å². The van der Waals surface area contributed by atoms with Crippen molar-refractivity contribution in [3.05, 3.63) is 29.8 Å². The van der Waals surface area contributed by atoms with Gasteiger partial charge in [-0.25, -0.2) is 4.79 Å². The lowest BCUT2D eigenvalue weighted by Gasteiger charge is -2.08. The minimum Gasteiger partial charge on any atom is -0.305 e. The molecule has 1 aromatic carbocycles. The summed E-state index contributed by atoms with van der Waals surface area (Å²) in [6.45, 7) is 0.894. The van der Waals surface area contributed by atoms with Crippen LogP contribution in [0.25, 0.3) is 0 Å². The lowest BCUT2D eigenvalue weighted by Crippen LogP contribution is -2.10. The third-order valence-corrected chi connectivity index (χ3v) is 1.61. The van der Waals surface area contributed by atoms with Crippen LogP contribution in [0.4, 0.5) is 5.69 Å². The summed E-state index contributed by atoms with van der Waals surface area (Å²) < 4.78 is 0. The lowest BCUT2D eigenvalue weighted by molar-refractivity contribution is 0.402. The maximum atomic E-state index is 9.94. The molecule has 0 radical (unpaired) electrons. The monoisotopic (exact) mass is 176 g/mol. The average molecular weight is 176 g/mol. The summed E-state index contributed by atoms with van der Waals surface area (Å²) in [7, 11) is 4.02. The Balaban J connectivity index is 2.75. The summed E-state index contributed by atoms with van der Waals surface area (Å²) in [4.78, 5) is 15.5. The summed E-state index contributed by atoms with van der Waals surface area (Å²) in [5.41, 5.74) is 1.85. The molecule has 0 amide bonds. The molecule has 3 nitrogen and oxygen atoms in total. The van der Waals surface area contributed by atoms with E-state index in [9.17, 15) is 4.79 Å². The van der Waals surface area contributed by atoms with Gasteiger partial charge in [0.1, 0.15) is 0 Å². The largest absolute Gasteiger partial charge is 0.305 e. The van der Waals surface area contributed by atoms with Crippen molar-refractivity contribution >= 4 is 11.8 Å². The van der Waals surface area contributed by atoms with Crippen LogP contribution >= 0.6 is 0 Å². The molecule has 0 spiro atoms. The highest BCUT2D eigenvalue weighted by Crippen LogP contribution is 2.12. The van der Waals surface area contributed by atoms with E-state index in [4.69, 9.17) is 0 Å². The van der Waals surface area contributed by atoms with Crippen LogP contribution < -0.4 is 0 Å². The second-order valence-electron chi connectivity index (χ2n) is 3.11. The third kappa shape index (κ3) is 3.20. The van der Waals surface area contributed by atoms with Crippen molar-refractivity contribution < 1.29 is 4.79 Å². The van der Waals surface area contributed by atoms with Gasteiger partial charge in [-0.3, -0.25) is 0 Å².